The molecule has 0 aliphatic carbocycles. The third-order valence-electron chi connectivity index (χ3n) is 2.32. The quantitative estimate of drug-likeness (QED) is 0.427. The van der Waals surface area contributed by atoms with Crippen LogP contribution in [0.25, 0.3) is 0 Å². The lowest BCUT2D eigenvalue weighted by Crippen LogP contribution is -2.41. The first-order valence-corrected chi connectivity index (χ1v) is 6.37. The zero-order valence-corrected chi connectivity index (χ0v) is 11.4. The van der Waals surface area contributed by atoms with Crippen molar-refractivity contribution in [2.24, 2.45) is 0 Å². The minimum Gasteiger partial charge on any atom is -0.481 e. The number of carbonyl (C=O) groups excluding carboxylic acids is 2. The predicted molar refractivity (Wildman–Crippen MR) is 68.7 cm³/mol. The molecule has 0 bridgehead atoms. The van der Waals surface area contributed by atoms with E-state index in [-0.39, 0.29) is 30.9 Å². The molecule has 1 unspecified atom stereocenters. The Kier molecular flexibility index (Phi) is 9.20. The van der Waals surface area contributed by atoms with E-state index in [0.29, 0.717) is 26.0 Å². The van der Waals surface area contributed by atoms with Gasteiger partial charge in [-0.05, 0) is 26.7 Å². The predicted octanol–water partition coefficient (Wildman–Crippen LogP) is 0.882. The summed E-state index contributed by atoms with van der Waals surface area (Å²) in [6.07, 6.45) is 1.17. The largest absolute Gasteiger partial charge is 0.481 e. The molecule has 0 spiro atoms. The zero-order chi connectivity index (χ0) is 14.7. The highest BCUT2D eigenvalue weighted by molar-refractivity contribution is 5.74. The van der Waals surface area contributed by atoms with Crippen LogP contribution in [0.3, 0.4) is 0 Å². The van der Waals surface area contributed by atoms with Crippen LogP contribution in [-0.2, 0) is 14.3 Å². The summed E-state index contributed by atoms with van der Waals surface area (Å²) in [6, 6.07) is -0.509. The highest BCUT2D eigenvalue weighted by atomic mass is 16.5. The van der Waals surface area contributed by atoms with Gasteiger partial charge in [0.1, 0.15) is 0 Å². The maximum Gasteiger partial charge on any atom is 0.314 e. The molecule has 0 saturated carbocycles. The van der Waals surface area contributed by atoms with E-state index in [1.54, 1.807) is 13.8 Å². The molecule has 7 heteroatoms. The molecule has 0 aliphatic rings. The third-order valence-corrected chi connectivity index (χ3v) is 2.32. The molecule has 7 nitrogen and oxygen atoms in total. The van der Waals surface area contributed by atoms with Gasteiger partial charge in [0.2, 0.25) is 0 Å². The van der Waals surface area contributed by atoms with Crippen LogP contribution in [0.15, 0.2) is 0 Å². The molecule has 0 aromatic rings. The van der Waals surface area contributed by atoms with Gasteiger partial charge in [-0.1, -0.05) is 0 Å². The summed E-state index contributed by atoms with van der Waals surface area (Å²) in [4.78, 5) is 32.7. The number of ether oxygens (including phenoxy) is 1. The molecule has 0 radical (unpaired) electrons. The van der Waals surface area contributed by atoms with Crippen molar-refractivity contribution in [3.63, 3.8) is 0 Å². The van der Waals surface area contributed by atoms with Gasteiger partial charge in [-0.25, -0.2) is 4.79 Å². The minimum atomic E-state index is -0.884. The van der Waals surface area contributed by atoms with E-state index in [0.717, 1.165) is 0 Å². The van der Waals surface area contributed by atoms with Crippen LogP contribution in [0, 0.1) is 0 Å². The van der Waals surface area contributed by atoms with Crippen LogP contribution < -0.4 is 10.6 Å². The number of amides is 2. The number of rotatable bonds is 9. The number of carbonyl (C=O) groups is 3. The van der Waals surface area contributed by atoms with Crippen LogP contribution >= 0.6 is 0 Å². The normalized spacial score (nSPS) is 11.5. The van der Waals surface area contributed by atoms with Gasteiger partial charge in [-0.3, -0.25) is 9.59 Å². The molecule has 0 heterocycles. The van der Waals surface area contributed by atoms with E-state index in [1.807, 2.05) is 0 Å². The van der Waals surface area contributed by atoms with E-state index >= 15 is 0 Å². The Hall–Kier alpha value is -1.79. The van der Waals surface area contributed by atoms with Crippen LogP contribution in [0.1, 0.15) is 39.5 Å². The SMILES string of the molecule is CCOC(=O)CCC(C)NC(=O)NCCCC(=O)O. The first-order chi connectivity index (χ1) is 8.95. The summed E-state index contributed by atoms with van der Waals surface area (Å²) < 4.78 is 4.78. The maximum atomic E-state index is 11.4. The lowest BCUT2D eigenvalue weighted by Gasteiger charge is -2.14. The van der Waals surface area contributed by atoms with Crippen LogP contribution in [0.5, 0.6) is 0 Å². The number of urea groups is 1. The van der Waals surface area contributed by atoms with Gasteiger partial charge < -0.3 is 20.5 Å². The number of esters is 1. The van der Waals surface area contributed by atoms with Crippen molar-refractivity contribution in [1.29, 1.82) is 0 Å². The van der Waals surface area contributed by atoms with Gasteiger partial charge in [-0.15, -0.1) is 0 Å². The van der Waals surface area contributed by atoms with Gasteiger partial charge in [0.25, 0.3) is 0 Å². The van der Waals surface area contributed by atoms with E-state index < -0.39 is 5.97 Å². The molecule has 19 heavy (non-hydrogen) atoms. The Morgan fingerprint density at radius 3 is 2.53 bits per heavy atom. The van der Waals surface area contributed by atoms with Gasteiger partial charge in [0.15, 0.2) is 0 Å². The van der Waals surface area contributed by atoms with Crippen molar-refractivity contribution in [2.45, 2.75) is 45.6 Å². The molecule has 0 aliphatic heterocycles. The Bertz CT molecular complexity index is 306. The van der Waals surface area contributed by atoms with Gasteiger partial charge in [0.05, 0.1) is 6.61 Å². The van der Waals surface area contributed by atoms with Crippen LogP contribution in [0.4, 0.5) is 4.79 Å². The first-order valence-electron chi connectivity index (χ1n) is 6.37. The molecule has 2 amide bonds. The van der Waals surface area contributed by atoms with Crippen LogP contribution in [0.2, 0.25) is 0 Å². The number of nitrogens with one attached hydrogen (secondary N) is 2. The van der Waals surface area contributed by atoms with Gasteiger partial charge >= 0.3 is 18.0 Å². The fraction of sp³-hybridized carbons (Fsp3) is 0.750. The van der Waals surface area contributed by atoms with Crippen molar-refractivity contribution in [3.05, 3.63) is 0 Å². The molecular formula is C12H22N2O5. The Labute approximate surface area is 112 Å². The number of carboxylic acid groups (broad SMARTS) is 1. The summed E-state index contributed by atoms with van der Waals surface area (Å²) in [6.45, 7) is 4.19. The maximum absolute atomic E-state index is 11.4. The summed E-state index contributed by atoms with van der Waals surface area (Å²) in [5, 5.41) is 13.6. The van der Waals surface area contributed by atoms with Crippen LogP contribution in [-0.4, -0.2) is 42.3 Å². The Balaban J connectivity index is 3.63. The van der Waals surface area contributed by atoms with Gasteiger partial charge in [-0.2, -0.15) is 0 Å². The molecule has 1 atom stereocenters. The molecule has 0 aromatic carbocycles. The highest BCUT2D eigenvalue weighted by Gasteiger charge is 2.09. The Morgan fingerprint density at radius 2 is 1.95 bits per heavy atom. The number of hydrogen-bond acceptors (Lipinski definition) is 4. The fourth-order valence-electron chi connectivity index (χ4n) is 1.36. The summed E-state index contributed by atoms with van der Waals surface area (Å²) in [5.41, 5.74) is 0. The van der Waals surface area contributed by atoms with Crippen molar-refractivity contribution in [3.8, 4) is 0 Å². The molecule has 0 rings (SSSR count). The van der Waals surface area contributed by atoms with E-state index in [4.69, 9.17) is 9.84 Å². The average Bonchev–Trinajstić information content (AvgIpc) is 2.32. The standard InChI is InChI=1S/C12H22N2O5/c1-3-19-11(17)7-6-9(2)14-12(18)13-8-4-5-10(15)16/h9H,3-8H2,1-2H3,(H,15,16)(H2,13,14,18). The minimum absolute atomic E-state index is 0.0265. The Morgan fingerprint density at radius 1 is 1.26 bits per heavy atom. The van der Waals surface area contributed by atoms with E-state index in [9.17, 15) is 14.4 Å². The average molecular weight is 274 g/mol. The van der Waals surface area contributed by atoms with Crippen molar-refractivity contribution >= 4 is 18.0 Å². The monoisotopic (exact) mass is 274 g/mol. The van der Waals surface area contributed by atoms with E-state index in [1.165, 1.54) is 0 Å². The topological polar surface area (TPSA) is 105 Å². The molecule has 3 N–H and O–H groups in total. The lowest BCUT2D eigenvalue weighted by molar-refractivity contribution is -0.143. The molecule has 0 saturated heterocycles. The second kappa shape index (κ2) is 10.2. The smallest absolute Gasteiger partial charge is 0.314 e. The third kappa shape index (κ3) is 11.1. The van der Waals surface area contributed by atoms with Crippen molar-refractivity contribution < 1.29 is 24.2 Å². The number of hydrogen-bond donors (Lipinski definition) is 3. The summed E-state index contributed by atoms with van der Waals surface area (Å²) >= 11 is 0. The summed E-state index contributed by atoms with van der Waals surface area (Å²) in [5.74, 6) is -1.16. The van der Waals surface area contributed by atoms with Crippen molar-refractivity contribution in [1.82, 2.24) is 10.6 Å². The van der Waals surface area contributed by atoms with Gasteiger partial charge in [0, 0.05) is 25.4 Å². The molecule has 0 aromatic heterocycles. The molecule has 110 valence electrons. The summed E-state index contributed by atoms with van der Waals surface area (Å²) in [7, 11) is 0. The van der Waals surface area contributed by atoms with Crippen molar-refractivity contribution in [2.75, 3.05) is 13.2 Å². The second-order valence-electron chi connectivity index (χ2n) is 4.14. The number of carboxylic acids is 1. The second-order valence-corrected chi connectivity index (χ2v) is 4.14. The first kappa shape index (κ1) is 17.2. The molecular weight excluding hydrogens is 252 g/mol. The molecule has 0 fully saturated rings. The van der Waals surface area contributed by atoms with E-state index in [2.05, 4.69) is 10.6 Å². The lowest BCUT2D eigenvalue weighted by atomic mass is 10.2. The number of aliphatic carboxylic acids is 1. The fourth-order valence-corrected chi connectivity index (χ4v) is 1.36. The highest BCUT2D eigenvalue weighted by Crippen LogP contribution is 1.98. The zero-order valence-electron chi connectivity index (χ0n) is 11.4.